The van der Waals surface area contributed by atoms with Crippen molar-refractivity contribution in [2.75, 3.05) is 13.2 Å². The Morgan fingerprint density at radius 3 is 2.58 bits per heavy atom. The minimum Gasteiger partial charge on any atom is -0.349 e. The number of rotatable bonds is 4. The number of ether oxygens (including phenoxy) is 2. The molecule has 0 aromatic rings. The van der Waals surface area contributed by atoms with Crippen molar-refractivity contribution in [3.8, 4) is 0 Å². The van der Waals surface area contributed by atoms with Crippen molar-refractivity contribution in [1.82, 2.24) is 0 Å². The van der Waals surface area contributed by atoms with Gasteiger partial charge in [-0.05, 0) is 0 Å². The molecule has 12 heavy (non-hydrogen) atoms. The Kier molecular flexibility index (Phi) is 3.00. The summed E-state index contributed by atoms with van der Waals surface area (Å²) >= 11 is 0. The van der Waals surface area contributed by atoms with E-state index in [-0.39, 0.29) is 11.7 Å². The highest BCUT2D eigenvalue weighted by molar-refractivity contribution is 5.51. The van der Waals surface area contributed by atoms with E-state index in [9.17, 15) is 4.79 Å². The minimum atomic E-state index is -0.377. The SMILES string of the molecule is C=C[C@](C)(CC=O)C1OCCO1. The maximum absolute atomic E-state index is 10.4. The number of hydrogen-bond acceptors (Lipinski definition) is 3. The van der Waals surface area contributed by atoms with Crippen LogP contribution >= 0.6 is 0 Å². The van der Waals surface area contributed by atoms with E-state index >= 15 is 0 Å². The Morgan fingerprint density at radius 2 is 2.17 bits per heavy atom. The third-order valence-electron chi connectivity index (χ3n) is 2.15. The van der Waals surface area contributed by atoms with Gasteiger partial charge in [-0.2, -0.15) is 0 Å². The normalized spacial score (nSPS) is 23.4. The Bertz CT molecular complexity index is 173. The number of carbonyl (C=O) groups is 1. The maximum Gasteiger partial charge on any atom is 0.166 e. The molecule has 0 bridgehead atoms. The van der Waals surface area contributed by atoms with Gasteiger partial charge in [0.05, 0.1) is 13.2 Å². The first kappa shape index (κ1) is 9.42. The summed E-state index contributed by atoms with van der Waals surface area (Å²) in [7, 11) is 0. The lowest BCUT2D eigenvalue weighted by Crippen LogP contribution is -2.31. The molecule has 1 aliphatic rings. The zero-order chi connectivity index (χ0) is 9.03. The van der Waals surface area contributed by atoms with E-state index in [0.717, 1.165) is 6.29 Å². The average molecular weight is 170 g/mol. The second-order valence-corrected chi connectivity index (χ2v) is 3.15. The van der Waals surface area contributed by atoms with Crippen LogP contribution in [0.3, 0.4) is 0 Å². The van der Waals surface area contributed by atoms with Crippen LogP contribution < -0.4 is 0 Å². The molecule has 68 valence electrons. The fraction of sp³-hybridized carbons (Fsp3) is 0.667. The van der Waals surface area contributed by atoms with E-state index in [1.54, 1.807) is 6.08 Å². The van der Waals surface area contributed by atoms with Gasteiger partial charge in [0.25, 0.3) is 0 Å². The van der Waals surface area contributed by atoms with Crippen LogP contribution in [0.5, 0.6) is 0 Å². The second-order valence-electron chi connectivity index (χ2n) is 3.15. The quantitative estimate of drug-likeness (QED) is 0.469. The number of hydrogen-bond donors (Lipinski definition) is 0. The first-order valence-corrected chi connectivity index (χ1v) is 4.03. The Balaban J connectivity index is 2.62. The standard InChI is InChI=1S/C9H14O3/c1-3-9(2,4-5-10)8-11-6-7-12-8/h3,5,8H,1,4,6-7H2,2H3/t9-/m1/s1. The van der Waals surface area contributed by atoms with Gasteiger partial charge in [-0.15, -0.1) is 6.58 Å². The van der Waals surface area contributed by atoms with Gasteiger partial charge >= 0.3 is 0 Å². The molecule has 0 aromatic carbocycles. The van der Waals surface area contributed by atoms with Crippen molar-refractivity contribution in [3.05, 3.63) is 12.7 Å². The van der Waals surface area contributed by atoms with Crippen LogP contribution in [-0.2, 0) is 14.3 Å². The summed E-state index contributed by atoms with van der Waals surface area (Å²) in [5.74, 6) is 0. The maximum atomic E-state index is 10.4. The predicted molar refractivity (Wildman–Crippen MR) is 44.7 cm³/mol. The molecule has 0 aromatic heterocycles. The summed E-state index contributed by atoms with van der Waals surface area (Å²) < 4.78 is 10.6. The third kappa shape index (κ3) is 1.73. The number of aldehydes is 1. The predicted octanol–water partition coefficient (Wildman–Crippen LogP) is 1.14. The van der Waals surface area contributed by atoms with E-state index in [1.807, 2.05) is 6.92 Å². The molecule has 1 fully saturated rings. The molecule has 1 rings (SSSR count). The molecule has 1 aliphatic heterocycles. The zero-order valence-corrected chi connectivity index (χ0v) is 7.29. The zero-order valence-electron chi connectivity index (χ0n) is 7.29. The third-order valence-corrected chi connectivity index (χ3v) is 2.15. The Labute approximate surface area is 72.4 Å². The van der Waals surface area contributed by atoms with E-state index in [4.69, 9.17) is 9.47 Å². The Hall–Kier alpha value is -0.670. The molecule has 0 amide bonds. The van der Waals surface area contributed by atoms with Crippen LogP contribution in [0.4, 0.5) is 0 Å². The monoisotopic (exact) mass is 170 g/mol. The summed E-state index contributed by atoms with van der Waals surface area (Å²) in [6.45, 7) is 6.79. The van der Waals surface area contributed by atoms with E-state index in [0.29, 0.717) is 19.6 Å². The molecule has 0 N–H and O–H groups in total. The molecule has 1 heterocycles. The van der Waals surface area contributed by atoms with Gasteiger partial charge in [-0.1, -0.05) is 13.0 Å². The van der Waals surface area contributed by atoms with E-state index in [2.05, 4.69) is 6.58 Å². The van der Waals surface area contributed by atoms with Gasteiger partial charge in [0.15, 0.2) is 6.29 Å². The summed E-state index contributed by atoms with van der Waals surface area (Å²) in [4.78, 5) is 10.4. The van der Waals surface area contributed by atoms with Crippen LogP contribution in [0.15, 0.2) is 12.7 Å². The molecule has 0 unspecified atom stereocenters. The fourth-order valence-corrected chi connectivity index (χ4v) is 1.19. The first-order valence-electron chi connectivity index (χ1n) is 4.03. The van der Waals surface area contributed by atoms with Crippen molar-refractivity contribution in [2.24, 2.45) is 5.41 Å². The lowest BCUT2D eigenvalue weighted by molar-refractivity contribution is -0.125. The molecule has 1 saturated heterocycles. The van der Waals surface area contributed by atoms with Gasteiger partial charge in [-0.3, -0.25) is 0 Å². The highest BCUT2D eigenvalue weighted by Gasteiger charge is 2.35. The smallest absolute Gasteiger partial charge is 0.166 e. The van der Waals surface area contributed by atoms with Crippen LogP contribution in [0.1, 0.15) is 13.3 Å². The summed E-state index contributed by atoms with van der Waals surface area (Å²) in [6, 6.07) is 0. The molecule has 3 heteroatoms. The average Bonchev–Trinajstić information content (AvgIpc) is 2.57. The molecule has 0 aliphatic carbocycles. The van der Waals surface area contributed by atoms with E-state index < -0.39 is 0 Å². The second kappa shape index (κ2) is 3.83. The van der Waals surface area contributed by atoms with Crippen LogP contribution in [-0.4, -0.2) is 25.8 Å². The number of carbonyl (C=O) groups excluding carboxylic acids is 1. The summed E-state index contributed by atoms with van der Waals surface area (Å²) in [6.07, 6.45) is 2.67. The molecule has 0 saturated carbocycles. The minimum absolute atomic E-state index is 0.305. The molecule has 0 spiro atoms. The molecular formula is C9H14O3. The van der Waals surface area contributed by atoms with E-state index in [1.165, 1.54) is 0 Å². The van der Waals surface area contributed by atoms with Crippen molar-refractivity contribution in [1.29, 1.82) is 0 Å². The summed E-state index contributed by atoms with van der Waals surface area (Å²) in [5, 5.41) is 0. The van der Waals surface area contributed by atoms with Gasteiger partial charge in [0.2, 0.25) is 0 Å². The van der Waals surface area contributed by atoms with Crippen molar-refractivity contribution in [2.45, 2.75) is 19.6 Å². The fourth-order valence-electron chi connectivity index (χ4n) is 1.19. The lowest BCUT2D eigenvalue weighted by atomic mass is 9.87. The Morgan fingerprint density at radius 1 is 1.58 bits per heavy atom. The van der Waals surface area contributed by atoms with Crippen molar-refractivity contribution >= 4 is 6.29 Å². The molecule has 1 atom stereocenters. The topological polar surface area (TPSA) is 35.5 Å². The van der Waals surface area contributed by atoms with Crippen molar-refractivity contribution < 1.29 is 14.3 Å². The molecule has 0 radical (unpaired) electrons. The van der Waals surface area contributed by atoms with Crippen LogP contribution in [0.25, 0.3) is 0 Å². The van der Waals surface area contributed by atoms with Crippen LogP contribution in [0, 0.1) is 5.41 Å². The summed E-state index contributed by atoms with van der Waals surface area (Å²) in [5.41, 5.74) is -0.377. The first-order chi connectivity index (χ1) is 5.73. The molecular weight excluding hydrogens is 156 g/mol. The van der Waals surface area contributed by atoms with Crippen LogP contribution in [0.2, 0.25) is 0 Å². The van der Waals surface area contributed by atoms with Gasteiger partial charge in [0.1, 0.15) is 6.29 Å². The highest BCUT2D eigenvalue weighted by atomic mass is 16.7. The van der Waals surface area contributed by atoms with Gasteiger partial charge in [-0.25, -0.2) is 0 Å². The lowest BCUT2D eigenvalue weighted by Gasteiger charge is -2.28. The highest BCUT2D eigenvalue weighted by Crippen LogP contribution is 2.31. The molecule has 3 nitrogen and oxygen atoms in total. The van der Waals surface area contributed by atoms with Gasteiger partial charge in [0, 0.05) is 11.8 Å². The van der Waals surface area contributed by atoms with Crippen molar-refractivity contribution in [3.63, 3.8) is 0 Å². The largest absolute Gasteiger partial charge is 0.349 e. The van der Waals surface area contributed by atoms with Gasteiger partial charge < -0.3 is 14.3 Å².